The van der Waals surface area contributed by atoms with Gasteiger partial charge in [0, 0.05) is 26.4 Å². The fourth-order valence-corrected chi connectivity index (χ4v) is 2.27. The summed E-state index contributed by atoms with van der Waals surface area (Å²) in [5.74, 6) is -0.113. The fraction of sp³-hybridized carbons (Fsp3) is 0.385. The number of thiocarbonyl (C=S) groups is 1. The highest BCUT2D eigenvalue weighted by Gasteiger charge is 2.15. The third-order valence-corrected chi connectivity index (χ3v) is 3.18. The average Bonchev–Trinajstić information content (AvgIpc) is 2.38. The molecule has 110 valence electrons. The highest BCUT2D eigenvalue weighted by molar-refractivity contribution is 7.80. The van der Waals surface area contributed by atoms with E-state index in [1.807, 2.05) is 6.07 Å². The van der Waals surface area contributed by atoms with Gasteiger partial charge in [0.25, 0.3) is 0 Å². The first-order chi connectivity index (χ1) is 9.47. The SMILES string of the molecule is COCCNC(=O)CN(C)c1cccc(Cl)c1C(N)=S. The molecule has 1 rings (SSSR count). The minimum atomic E-state index is -0.113. The van der Waals surface area contributed by atoms with Gasteiger partial charge >= 0.3 is 0 Å². The van der Waals surface area contributed by atoms with Gasteiger partial charge in [0.15, 0.2) is 0 Å². The van der Waals surface area contributed by atoms with Crippen molar-refractivity contribution in [1.82, 2.24) is 5.32 Å². The third kappa shape index (κ3) is 4.63. The van der Waals surface area contributed by atoms with Crippen molar-refractivity contribution in [2.24, 2.45) is 5.73 Å². The number of benzene rings is 1. The minimum absolute atomic E-state index is 0.113. The number of carbonyl (C=O) groups excluding carboxylic acids is 1. The Morgan fingerprint density at radius 2 is 2.25 bits per heavy atom. The zero-order valence-corrected chi connectivity index (χ0v) is 13.1. The molecule has 1 aromatic rings. The zero-order valence-electron chi connectivity index (χ0n) is 11.5. The summed E-state index contributed by atoms with van der Waals surface area (Å²) in [6, 6.07) is 5.33. The lowest BCUT2D eigenvalue weighted by atomic mass is 10.1. The minimum Gasteiger partial charge on any atom is -0.389 e. The van der Waals surface area contributed by atoms with Crippen LogP contribution in [0, 0.1) is 0 Å². The van der Waals surface area contributed by atoms with Crippen LogP contribution in [0.1, 0.15) is 5.56 Å². The van der Waals surface area contributed by atoms with E-state index in [0.717, 1.165) is 5.69 Å². The number of ether oxygens (including phenoxy) is 1. The Bertz CT molecular complexity index is 497. The van der Waals surface area contributed by atoms with E-state index in [1.54, 1.807) is 31.2 Å². The lowest BCUT2D eigenvalue weighted by Crippen LogP contribution is -2.37. The van der Waals surface area contributed by atoms with E-state index >= 15 is 0 Å². The molecule has 0 spiro atoms. The second-order valence-electron chi connectivity index (χ2n) is 4.20. The molecule has 0 aliphatic rings. The molecule has 0 saturated carbocycles. The Balaban J connectivity index is 2.77. The van der Waals surface area contributed by atoms with E-state index in [1.165, 1.54) is 0 Å². The number of nitrogens with two attached hydrogens (primary N) is 1. The first-order valence-electron chi connectivity index (χ1n) is 6.02. The number of amides is 1. The van der Waals surface area contributed by atoms with Gasteiger partial charge in [0.05, 0.1) is 23.7 Å². The first-order valence-corrected chi connectivity index (χ1v) is 6.81. The van der Waals surface area contributed by atoms with Crippen LogP contribution in [0.3, 0.4) is 0 Å². The van der Waals surface area contributed by atoms with Gasteiger partial charge in [0.1, 0.15) is 4.99 Å². The molecule has 5 nitrogen and oxygen atoms in total. The number of halogens is 1. The monoisotopic (exact) mass is 315 g/mol. The van der Waals surface area contributed by atoms with E-state index in [0.29, 0.717) is 23.7 Å². The van der Waals surface area contributed by atoms with Crippen LogP contribution in [0.25, 0.3) is 0 Å². The summed E-state index contributed by atoms with van der Waals surface area (Å²) >= 11 is 11.1. The Morgan fingerprint density at radius 3 is 2.85 bits per heavy atom. The summed E-state index contributed by atoms with van der Waals surface area (Å²) in [6.07, 6.45) is 0. The summed E-state index contributed by atoms with van der Waals surface area (Å²) in [6.45, 7) is 1.13. The van der Waals surface area contributed by atoms with Gasteiger partial charge < -0.3 is 20.7 Å². The normalized spacial score (nSPS) is 10.2. The smallest absolute Gasteiger partial charge is 0.239 e. The molecule has 0 heterocycles. The molecule has 0 aliphatic heterocycles. The van der Waals surface area contributed by atoms with Crippen molar-refractivity contribution in [2.45, 2.75) is 0 Å². The van der Waals surface area contributed by atoms with Crippen molar-refractivity contribution in [3.8, 4) is 0 Å². The Hall–Kier alpha value is -1.37. The number of methoxy groups -OCH3 is 1. The van der Waals surface area contributed by atoms with Crippen LogP contribution >= 0.6 is 23.8 Å². The molecule has 0 aliphatic carbocycles. The quantitative estimate of drug-likeness (QED) is 0.584. The largest absolute Gasteiger partial charge is 0.389 e. The number of nitrogens with zero attached hydrogens (tertiary/aromatic N) is 1. The lowest BCUT2D eigenvalue weighted by Gasteiger charge is -2.22. The standard InChI is InChI=1S/C13H18ClN3O2S/c1-17(8-11(18)16-6-7-19-2)10-5-3-4-9(14)12(10)13(15)20/h3-5H,6-8H2,1-2H3,(H2,15,20)(H,16,18). The van der Waals surface area contributed by atoms with Gasteiger partial charge in [0.2, 0.25) is 5.91 Å². The van der Waals surface area contributed by atoms with Crippen LogP contribution in [0.15, 0.2) is 18.2 Å². The van der Waals surface area contributed by atoms with E-state index in [-0.39, 0.29) is 17.4 Å². The number of nitrogens with one attached hydrogen (secondary N) is 1. The van der Waals surface area contributed by atoms with Gasteiger partial charge in [-0.2, -0.15) is 0 Å². The second kappa shape index (κ2) is 8.04. The second-order valence-corrected chi connectivity index (χ2v) is 5.04. The summed E-state index contributed by atoms with van der Waals surface area (Å²) in [7, 11) is 3.36. The first kappa shape index (κ1) is 16.7. The van der Waals surface area contributed by atoms with Crippen LogP contribution in [0.5, 0.6) is 0 Å². The Morgan fingerprint density at radius 1 is 1.55 bits per heavy atom. The topological polar surface area (TPSA) is 67.6 Å². The Labute approximate surface area is 129 Å². The molecule has 0 radical (unpaired) electrons. The fourth-order valence-electron chi connectivity index (χ4n) is 1.72. The molecule has 0 fully saturated rings. The molecule has 1 aromatic carbocycles. The predicted molar refractivity (Wildman–Crippen MR) is 85.5 cm³/mol. The molecular formula is C13H18ClN3O2S. The van der Waals surface area contributed by atoms with Crippen molar-refractivity contribution in [3.05, 3.63) is 28.8 Å². The Kier molecular flexibility index (Phi) is 6.70. The predicted octanol–water partition coefficient (Wildman–Crippen LogP) is 1.17. The number of hydrogen-bond donors (Lipinski definition) is 2. The molecule has 0 unspecified atom stereocenters. The number of hydrogen-bond acceptors (Lipinski definition) is 4. The summed E-state index contributed by atoms with van der Waals surface area (Å²) in [5.41, 5.74) is 6.99. The van der Waals surface area contributed by atoms with Gasteiger partial charge in [-0.05, 0) is 12.1 Å². The van der Waals surface area contributed by atoms with Crippen LogP contribution in [0.4, 0.5) is 5.69 Å². The molecule has 7 heteroatoms. The van der Waals surface area contributed by atoms with Crippen molar-refractivity contribution in [3.63, 3.8) is 0 Å². The molecule has 0 atom stereocenters. The zero-order chi connectivity index (χ0) is 15.1. The van der Waals surface area contributed by atoms with Crippen molar-refractivity contribution < 1.29 is 9.53 Å². The highest BCUT2D eigenvalue weighted by atomic mass is 35.5. The maximum Gasteiger partial charge on any atom is 0.239 e. The van der Waals surface area contributed by atoms with Crippen LogP contribution in [-0.4, -0.2) is 44.7 Å². The molecule has 0 bridgehead atoms. The van der Waals surface area contributed by atoms with Gasteiger partial charge in [-0.3, -0.25) is 4.79 Å². The maximum atomic E-state index is 11.8. The molecule has 0 aromatic heterocycles. The maximum absolute atomic E-state index is 11.8. The average molecular weight is 316 g/mol. The van der Waals surface area contributed by atoms with E-state index in [4.69, 9.17) is 34.3 Å². The lowest BCUT2D eigenvalue weighted by molar-refractivity contribution is -0.119. The number of carbonyl (C=O) groups is 1. The van der Waals surface area contributed by atoms with Crippen LogP contribution in [0.2, 0.25) is 5.02 Å². The van der Waals surface area contributed by atoms with Gasteiger partial charge in [-0.1, -0.05) is 29.9 Å². The van der Waals surface area contributed by atoms with Crippen LogP contribution < -0.4 is 16.0 Å². The van der Waals surface area contributed by atoms with Crippen molar-refractivity contribution in [2.75, 3.05) is 38.8 Å². The van der Waals surface area contributed by atoms with Crippen molar-refractivity contribution in [1.29, 1.82) is 0 Å². The summed E-state index contributed by atoms with van der Waals surface area (Å²) < 4.78 is 4.87. The molecule has 1 amide bonds. The van der Waals surface area contributed by atoms with Crippen molar-refractivity contribution >= 4 is 40.4 Å². The van der Waals surface area contributed by atoms with Gasteiger partial charge in [-0.25, -0.2) is 0 Å². The highest BCUT2D eigenvalue weighted by Crippen LogP contribution is 2.26. The molecular weight excluding hydrogens is 298 g/mol. The van der Waals surface area contributed by atoms with Crippen LogP contribution in [-0.2, 0) is 9.53 Å². The van der Waals surface area contributed by atoms with E-state index in [2.05, 4.69) is 5.32 Å². The number of rotatable bonds is 7. The third-order valence-electron chi connectivity index (χ3n) is 2.66. The number of anilines is 1. The van der Waals surface area contributed by atoms with E-state index in [9.17, 15) is 4.79 Å². The summed E-state index contributed by atoms with van der Waals surface area (Å²) in [4.78, 5) is 13.7. The molecule has 3 N–H and O–H groups in total. The number of likely N-dealkylation sites (N-methyl/N-ethyl adjacent to an activating group) is 1. The van der Waals surface area contributed by atoms with E-state index < -0.39 is 0 Å². The summed E-state index contributed by atoms with van der Waals surface area (Å²) in [5, 5.41) is 3.22. The molecule has 20 heavy (non-hydrogen) atoms. The van der Waals surface area contributed by atoms with Gasteiger partial charge in [-0.15, -0.1) is 0 Å². The molecule has 0 saturated heterocycles.